The van der Waals surface area contributed by atoms with Gasteiger partial charge in [0.05, 0.1) is 11.2 Å². The standard InChI is InChI=1S/C18H17N3S/c1-12-10-13(2)18(22-3)16(11-12)21-20-15-8-4-6-14-7-5-9-19-17(14)15/h4-11H,1-3H3. The van der Waals surface area contributed by atoms with E-state index in [9.17, 15) is 0 Å². The average Bonchev–Trinajstić information content (AvgIpc) is 2.52. The number of fused-ring (bicyclic) bond motifs is 1. The van der Waals surface area contributed by atoms with Gasteiger partial charge in [0.15, 0.2) is 0 Å². The maximum atomic E-state index is 4.48. The number of aromatic nitrogens is 1. The molecule has 0 fully saturated rings. The molecule has 0 saturated heterocycles. The molecule has 1 aromatic heterocycles. The molecule has 0 spiro atoms. The number of aryl methyl sites for hydroxylation is 2. The third kappa shape index (κ3) is 2.88. The fourth-order valence-corrected chi connectivity index (χ4v) is 3.24. The van der Waals surface area contributed by atoms with Gasteiger partial charge in [-0.05, 0) is 49.4 Å². The zero-order valence-corrected chi connectivity index (χ0v) is 13.7. The van der Waals surface area contributed by atoms with Gasteiger partial charge >= 0.3 is 0 Å². The van der Waals surface area contributed by atoms with Gasteiger partial charge in [0.2, 0.25) is 0 Å². The molecule has 3 aromatic rings. The highest BCUT2D eigenvalue weighted by molar-refractivity contribution is 7.98. The van der Waals surface area contributed by atoms with Crippen molar-refractivity contribution in [1.29, 1.82) is 0 Å². The molecule has 0 aliphatic rings. The highest BCUT2D eigenvalue weighted by atomic mass is 32.2. The predicted octanol–water partition coefficient (Wildman–Crippen LogP) is 5.99. The molecule has 0 atom stereocenters. The molecule has 3 rings (SSSR count). The molecule has 0 unspecified atom stereocenters. The van der Waals surface area contributed by atoms with E-state index in [1.807, 2.05) is 30.3 Å². The van der Waals surface area contributed by atoms with E-state index in [-0.39, 0.29) is 0 Å². The molecule has 0 aliphatic heterocycles. The summed E-state index contributed by atoms with van der Waals surface area (Å²) in [5, 5.41) is 10.0. The van der Waals surface area contributed by atoms with E-state index < -0.39 is 0 Å². The Labute approximate surface area is 134 Å². The SMILES string of the molecule is CSc1c(C)cc(C)cc1N=Nc1cccc2cccnc12. The van der Waals surface area contributed by atoms with Crippen LogP contribution >= 0.6 is 11.8 Å². The quantitative estimate of drug-likeness (QED) is 0.440. The minimum atomic E-state index is 0.796. The smallest absolute Gasteiger partial charge is 0.112 e. The first kappa shape index (κ1) is 14.7. The van der Waals surface area contributed by atoms with E-state index in [2.05, 4.69) is 47.4 Å². The van der Waals surface area contributed by atoms with Crippen molar-refractivity contribution in [3.05, 3.63) is 59.8 Å². The Morgan fingerprint density at radius 3 is 2.55 bits per heavy atom. The maximum Gasteiger partial charge on any atom is 0.112 e. The summed E-state index contributed by atoms with van der Waals surface area (Å²) in [6.07, 6.45) is 3.85. The summed E-state index contributed by atoms with van der Waals surface area (Å²) in [6, 6.07) is 14.2. The van der Waals surface area contributed by atoms with E-state index in [0.29, 0.717) is 0 Å². The van der Waals surface area contributed by atoms with Crippen molar-refractivity contribution in [2.24, 2.45) is 10.2 Å². The molecule has 3 nitrogen and oxygen atoms in total. The lowest BCUT2D eigenvalue weighted by atomic mass is 10.1. The van der Waals surface area contributed by atoms with Crippen molar-refractivity contribution >= 4 is 34.0 Å². The first-order valence-corrected chi connectivity index (χ1v) is 8.32. The second kappa shape index (κ2) is 6.28. The molecule has 110 valence electrons. The molecule has 0 saturated carbocycles. The highest BCUT2D eigenvalue weighted by Gasteiger charge is 2.06. The van der Waals surface area contributed by atoms with Crippen LogP contribution in [0.3, 0.4) is 0 Å². The third-order valence-electron chi connectivity index (χ3n) is 3.48. The van der Waals surface area contributed by atoms with Crippen LogP contribution in [0.15, 0.2) is 63.8 Å². The molecule has 0 N–H and O–H groups in total. The van der Waals surface area contributed by atoms with Gasteiger partial charge in [0.25, 0.3) is 0 Å². The maximum absolute atomic E-state index is 4.48. The number of para-hydroxylation sites is 1. The van der Waals surface area contributed by atoms with Crippen molar-refractivity contribution in [2.75, 3.05) is 6.26 Å². The van der Waals surface area contributed by atoms with Gasteiger partial charge in [-0.15, -0.1) is 22.0 Å². The first-order valence-electron chi connectivity index (χ1n) is 7.10. The monoisotopic (exact) mass is 307 g/mol. The lowest BCUT2D eigenvalue weighted by Crippen LogP contribution is -1.83. The van der Waals surface area contributed by atoms with Crippen molar-refractivity contribution in [2.45, 2.75) is 18.7 Å². The first-order chi connectivity index (χ1) is 10.7. The fourth-order valence-electron chi connectivity index (χ4n) is 2.55. The van der Waals surface area contributed by atoms with Gasteiger partial charge in [-0.2, -0.15) is 0 Å². The summed E-state index contributed by atoms with van der Waals surface area (Å²) in [7, 11) is 0. The Morgan fingerprint density at radius 1 is 0.955 bits per heavy atom. The number of hydrogen-bond donors (Lipinski definition) is 0. The van der Waals surface area contributed by atoms with E-state index in [0.717, 1.165) is 22.3 Å². The van der Waals surface area contributed by atoms with E-state index in [4.69, 9.17) is 0 Å². The van der Waals surface area contributed by atoms with Gasteiger partial charge in [0, 0.05) is 16.5 Å². The summed E-state index contributed by atoms with van der Waals surface area (Å²) in [6.45, 7) is 4.19. The van der Waals surface area contributed by atoms with Crippen LogP contribution in [-0.2, 0) is 0 Å². The number of thioether (sulfide) groups is 1. The van der Waals surface area contributed by atoms with Crippen molar-refractivity contribution in [1.82, 2.24) is 4.98 Å². The molecular formula is C18H17N3S. The van der Waals surface area contributed by atoms with Gasteiger partial charge in [0.1, 0.15) is 5.69 Å². The average molecular weight is 307 g/mol. The molecule has 0 bridgehead atoms. The van der Waals surface area contributed by atoms with Crippen LogP contribution in [0.2, 0.25) is 0 Å². The van der Waals surface area contributed by atoms with Crippen LogP contribution in [0.4, 0.5) is 11.4 Å². The zero-order valence-electron chi connectivity index (χ0n) is 12.9. The molecule has 0 aliphatic carbocycles. The number of rotatable bonds is 3. The largest absolute Gasteiger partial charge is 0.254 e. The van der Waals surface area contributed by atoms with E-state index >= 15 is 0 Å². The Morgan fingerprint density at radius 2 is 1.73 bits per heavy atom. The summed E-state index contributed by atoms with van der Waals surface area (Å²) < 4.78 is 0. The van der Waals surface area contributed by atoms with Gasteiger partial charge in [-0.3, -0.25) is 4.98 Å². The molecule has 4 heteroatoms. The molecule has 0 radical (unpaired) electrons. The van der Waals surface area contributed by atoms with Crippen LogP contribution in [0.25, 0.3) is 10.9 Å². The molecule has 22 heavy (non-hydrogen) atoms. The van der Waals surface area contributed by atoms with Crippen LogP contribution in [-0.4, -0.2) is 11.2 Å². The Hall–Kier alpha value is -2.20. The number of azo groups is 1. The number of benzene rings is 2. The summed E-state index contributed by atoms with van der Waals surface area (Å²) in [5.41, 5.74) is 5.02. The Kier molecular flexibility index (Phi) is 4.20. The number of hydrogen-bond acceptors (Lipinski definition) is 4. The molecule has 1 heterocycles. The van der Waals surface area contributed by atoms with Gasteiger partial charge < -0.3 is 0 Å². The van der Waals surface area contributed by atoms with Gasteiger partial charge in [-0.1, -0.05) is 24.3 Å². The van der Waals surface area contributed by atoms with E-state index in [1.54, 1.807) is 18.0 Å². The second-order valence-electron chi connectivity index (χ2n) is 5.19. The summed E-state index contributed by atoms with van der Waals surface area (Å²) in [4.78, 5) is 5.58. The Balaban J connectivity index is 2.07. The molecular weight excluding hydrogens is 290 g/mol. The number of pyridine rings is 1. The molecule has 0 amide bonds. The van der Waals surface area contributed by atoms with Gasteiger partial charge in [-0.25, -0.2) is 0 Å². The molecule has 2 aromatic carbocycles. The van der Waals surface area contributed by atoms with Crippen LogP contribution in [0, 0.1) is 13.8 Å². The Bertz CT molecular complexity index is 851. The predicted molar refractivity (Wildman–Crippen MR) is 93.6 cm³/mol. The lowest BCUT2D eigenvalue weighted by Gasteiger charge is -2.07. The normalized spacial score (nSPS) is 11.4. The lowest BCUT2D eigenvalue weighted by molar-refractivity contribution is 1.16. The summed E-state index contributed by atoms with van der Waals surface area (Å²) >= 11 is 1.70. The van der Waals surface area contributed by atoms with Crippen molar-refractivity contribution < 1.29 is 0 Å². The van der Waals surface area contributed by atoms with Crippen molar-refractivity contribution in [3.8, 4) is 0 Å². The highest BCUT2D eigenvalue weighted by Crippen LogP contribution is 2.34. The minimum Gasteiger partial charge on any atom is -0.254 e. The number of nitrogens with zero attached hydrogens (tertiary/aromatic N) is 3. The minimum absolute atomic E-state index is 0.796. The summed E-state index contributed by atoms with van der Waals surface area (Å²) in [5.74, 6) is 0. The van der Waals surface area contributed by atoms with E-state index in [1.165, 1.54) is 16.0 Å². The van der Waals surface area contributed by atoms with Crippen LogP contribution in [0.1, 0.15) is 11.1 Å². The van der Waals surface area contributed by atoms with Crippen LogP contribution < -0.4 is 0 Å². The zero-order chi connectivity index (χ0) is 15.5. The van der Waals surface area contributed by atoms with Crippen LogP contribution in [0.5, 0.6) is 0 Å². The van der Waals surface area contributed by atoms with Crippen molar-refractivity contribution in [3.63, 3.8) is 0 Å². The fraction of sp³-hybridized carbons (Fsp3) is 0.167. The second-order valence-corrected chi connectivity index (χ2v) is 6.00. The third-order valence-corrected chi connectivity index (χ3v) is 4.42. The topological polar surface area (TPSA) is 37.6 Å².